The van der Waals surface area contributed by atoms with Gasteiger partial charge in [-0.05, 0) is 30.2 Å². The minimum atomic E-state index is -0.329. The second kappa shape index (κ2) is 9.50. The number of hydrogen-bond acceptors (Lipinski definition) is 6. The number of rotatable bonds is 7. The molecule has 0 atom stereocenters. The number of fused-ring (bicyclic) bond motifs is 1. The van der Waals surface area contributed by atoms with E-state index in [1.807, 2.05) is 54.6 Å². The summed E-state index contributed by atoms with van der Waals surface area (Å²) >= 11 is 0. The predicted octanol–water partition coefficient (Wildman–Crippen LogP) is 3.47. The van der Waals surface area contributed by atoms with E-state index in [9.17, 15) is 9.59 Å². The highest BCUT2D eigenvalue weighted by Crippen LogP contribution is 2.27. The maximum Gasteiger partial charge on any atom is 0.259 e. The Hall–Kier alpha value is -4.59. The maximum absolute atomic E-state index is 13.0. The van der Waals surface area contributed by atoms with Crippen LogP contribution in [-0.2, 0) is 17.8 Å². The first-order valence-corrected chi connectivity index (χ1v) is 10.9. The van der Waals surface area contributed by atoms with Crippen molar-refractivity contribution in [1.82, 2.24) is 25.0 Å². The van der Waals surface area contributed by atoms with Gasteiger partial charge in [-0.1, -0.05) is 59.8 Å². The predicted molar refractivity (Wildman–Crippen MR) is 128 cm³/mol. The largest absolute Gasteiger partial charge is 0.354 e. The Morgan fingerprint density at radius 1 is 0.971 bits per heavy atom. The molecule has 0 saturated carbocycles. The molecule has 8 nitrogen and oxygen atoms in total. The summed E-state index contributed by atoms with van der Waals surface area (Å²) in [4.78, 5) is 34.3. The quantitative estimate of drug-likeness (QED) is 0.406. The van der Waals surface area contributed by atoms with Crippen LogP contribution in [0, 0.1) is 0 Å². The summed E-state index contributed by atoms with van der Waals surface area (Å²) < 4.78 is 6.91. The summed E-state index contributed by atoms with van der Waals surface area (Å²) in [7, 11) is 0. The number of nitrogens with zero attached hydrogens (tertiary/aromatic N) is 4. The van der Waals surface area contributed by atoms with Gasteiger partial charge in [0.15, 0.2) is 0 Å². The van der Waals surface area contributed by atoms with E-state index >= 15 is 0 Å². The molecule has 34 heavy (non-hydrogen) atoms. The number of nitrogens with one attached hydrogen (secondary N) is 1. The molecular weight excluding hydrogens is 430 g/mol. The van der Waals surface area contributed by atoms with Crippen molar-refractivity contribution in [3.63, 3.8) is 0 Å². The monoisotopic (exact) mass is 451 g/mol. The van der Waals surface area contributed by atoms with E-state index in [-0.39, 0.29) is 23.9 Å². The second-order valence-electron chi connectivity index (χ2n) is 7.72. The van der Waals surface area contributed by atoms with Gasteiger partial charge in [-0.2, -0.15) is 4.98 Å². The number of aromatic nitrogens is 4. The fourth-order valence-electron chi connectivity index (χ4n) is 3.80. The van der Waals surface area contributed by atoms with Crippen LogP contribution < -0.4 is 10.9 Å². The minimum Gasteiger partial charge on any atom is -0.354 e. The Morgan fingerprint density at radius 2 is 1.76 bits per heavy atom. The highest BCUT2D eigenvalue weighted by Gasteiger charge is 2.18. The zero-order chi connectivity index (χ0) is 23.3. The Bertz CT molecular complexity index is 1490. The summed E-state index contributed by atoms with van der Waals surface area (Å²) in [5.74, 6) is 0.321. The molecule has 1 amide bonds. The molecule has 0 aliphatic heterocycles. The van der Waals surface area contributed by atoms with Crippen molar-refractivity contribution < 1.29 is 9.32 Å². The first-order chi connectivity index (χ1) is 16.7. The van der Waals surface area contributed by atoms with Crippen molar-refractivity contribution >= 4 is 16.8 Å². The molecule has 0 saturated heterocycles. The molecule has 0 spiro atoms. The smallest absolute Gasteiger partial charge is 0.259 e. The number of carbonyl (C=O) groups is 1. The normalized spacial score (nSPS) is 10.9. The van der Waals surface area contributed by atoms with E-state index in [1.165, 1.54) is 10.6 Å². The Labute approximate surface area is 194 Å². The lowest BCUT2D eigenvalue weighted by Gasteiger charge is -2.12. The van der Waals surface area contributed by atoms with E-state index in [1.54, 1.807) is 24.4 Å². The van der Waals surface area contributed by atoms with Gasteiger partial charge in [-0.3, -0.25) is 19.1 Å². The molecule has 8 heteroatoms. The summed E-state index contributed by atoms with van der Waals surface area (Å²) in [6.07, 6.45) is 2.36. The fourth-order valence-corrected chi connectivity index (χ4v) is 3.80. The van der Waals surface area contributed by atoms with Crippen molar-refractivity contribution in [2.45, 2.75) is 13.0 Å². The van der Waals surface area contributed by atoms with Crippen LogP contribution in [0.2, 0.25) is 0 Å². The van der Waals surface area contributed by atoms with E-state index in [0.717, 1.165) is 17.4 Å². The summed E-state index contributed by atoms with van der Waals surface area (Å²) in [6.45, 7) is 0.406. The number of benzene rings is 2. The van der Waals surface area contributed by atoms with Crippen LogP contribution in [0.25, 0.3) is 33.9 Å². The number of pyridine rings is 2. The van der Waals surface area contributed by atoms with E-state index < -0.39 is 0 Å². The lowest BCUT2D eigenvalue weighted by atomic mass is 10.1. The number of amides is 1. The van der Waals surface area contributed by atoms with Gasteiger partial charge in [0, 0.05) is 24.2 Å². The highest BCUT2D eigenvalue weighted by atomic mass is 16.5. The molecule has 0 unspecified atom stereocenters. The zero-order valence-corrected chi connectivity index (χ0v) is 18.2. The van der Waals surface area contributed by atoms with Gasteiger partial charge < -0.3 is 9.84 Å². The van der Waals surface area contributed by atoms with Crippen LogP contribution >= 0.6 is 0 Å². The summed E-state index contributed by atoms with van der Waals surface area (Å²) in [5, 5.41) is 7.63. The van der Waals surface area contributed by atoms with Crippen molar-refractivity contribution in [2.24, 2.45) is 0 Å². The third-order valence-corrected chi connectivity index (χ3v) is 5.45. The molecule has 1 N–H and O–H groups in total. The van der Waals surface area contributed by atoms with Crippen LogP contribution in [-0.4, -0.2) is 32.1 Å². The van der Waals surface area contributed by atoms with Crippen LogP contribution in [0.5, 0.6) is 0 Å². The molecule has 168 valence electrons. The maximum atomic E-state index is 13.0. The van der Waals surface area contributed by atoms with Crippen molar-refractivity contribution in [3.05, 3.63) is 101 Å². The fraction of sp³-hybridized carbons (Fsp3) is 0.115. The van der Waals surface area contributed by atoms with Gasteiger partial charge in [-0.25, -0.2) is 0 Å². The molecule has 3 heterocycles. The SMILES string of the molecule is O=C(Cn1c(=O)cc(-c2nc(-c3ccccn3)no2)c2ccccc21)NCCc1ccccc1. The summed E-state index contributed by atoms with van der Waals surface area (Å²) in [5.41, 5.74) is 2.50. The molecule has 0 aliphatic carbocycles. The van der Waals surface area contributed by atoms with Crippen LogP contribution in [0.1, 0.15) is 5.56 Å². The number of para-hydroxylation sites is 1. The van der Waals surface area contributed by atoms with Gasteiger partial charge in [0.25, 0.3) is 11.4 Å². The standard InChI is InChI=1S/C26H21N5O3/c32-23(28-15-13-18-8-2-1-3-9-18)17-31-22-12-5-4-10-19(22)20(16-24(31)33)26-29-25(30-34-26)21-11-6-7-14-27-21/h1-12,14,16H,13,15,17H2,(H,28,32). The Balaban J connectivity index is 1.40. The van der Waals surface area contributed by atoms with Crippen LogP contribution in [0.3, 0.4) is 0 Å². The lowest BCUT2D eigenvalue weighted by molar-refractivity contribution is -0.121. The van der Waals surface area contributed by atoms with Gasteiger partial charge in [-0.15, -0.1) is 0 Å². The topological polar surface area (TPSA) is 103 Å². The molecule has 5 aromatic rings. The Morgan fingerprint density at radius 3 is 2.59 bits per heavy atom. The first kappa shape index (κ1) is 21.3. The third kappa shape index (κ3) is 4.47. The lowest BCUT2D eigenvalue weighted by Crippen LogP contribution is -2.33. The second-order valence-corrected chi connectivity index (χ2v) is 7.72. The molecule has 0 aliphatic rings. The van der Waals surface area contributed by atoms with Crippen molar-refractivity contribution in [2.75, 3.05) is 6.54 Å². The molecule has 0 fully saturated rings. The van der Waals surface area contributed by atoms with Gasteiger partial charge in [0.2, 0.25) is 11.7 Å². The third-order valence-electron chi connectivity index (χ3n) is 5.45. The number of carbonyl (C=O) groups excluding carboxylic acids is 1. The molecule has 5 rings (SSSR count). The molecule has 0 bridgehead atoms. The van der Waals surface area contributed by atoms with E-state index in [4.69, 9.17) is 4.52 Å². The first-order valence-electron chi connectivity index (χ1n) is 10.9. The molecule has 2 aromatic carbocycles. The van der Waals surface area contributed by atoms with Gasteiger partial charge >= 0.3 is 0 Å². The zero-order valence-electron chi connectivity index (χ0n) is 18.2. The van der Waals surface area contributed by atoms with Crippen LogP contribution in [0.4, 0.5) is 0 Å². The molecule has 3 aromatic heterocycles. The average molecular weight is 451 g/mol. The Kier molecular flexibility index (Phi) is 5.94. The highest BCUT2D eigenvalue weighted by molar-refractivity contribution is 5.93. The minimum absolute atomic E-state index is 0.0859. The number of hydrogen-bond donors (Lipinski definition) is 1. The molecule has 0 radical (unpaired) electrons. The van der Waals surface area contributed by atoms with Crippen molar-refractivity contribution in [1.29, 1.82) is 0 Å². The van der Waals surface area contributed by atoms with Gasteiger partial charge in [0.1, 0.15) is 12.2 Å². The average Bonchev–Trinajstić information content (AvgIpc) is 3.37. The summed E-state index contributed by atoms with van der Waals surface area (Å²) in [6, 6.07) is 24.1. The molecular formula is C26H21N5O3. The van der Waals surface area contributed by atoms with Crippen molar-refractivity contribution in [3.8, 4) is 23.0 Å². The van der Waals surface area contributed by atoms with Gasteiger partial charge in [0.05, 0.1) is 11.1 Å². The van der Waals surface area contributed by atoms with Crippen LogP contribution in [0.15, 0.2) is 94.4 Å². The van der Waals surface area contributed by atoms with E-state index in [0.29, 0.717) is 29.1 Å². The van der Waals surface area contributed by atoms with E-state index in [2.05, 4.69) is 20.4 Å².